The molecule has 3 aromatic carbocycles. The summed E-state index contributed by atoms with van der Waals surface area (Å²) in [6.07, 6.45) is 3.75. The van der Waals surface area contributed by atoms with Crippen molar-refractivity contribution in [1.82, 2.24) is 9.47 Å². The van der Waals surface area contributed by atoms with Crippen molar-refractivity contribution in [2.24, 2.45) is 0 Å². The lowest BCUT2D eigenvalue weighted by atomic mass is 10.0. The Balaban J connectivity index is 1.44. The van der Waals surface area contributed by atoms with Crippen LogP contribution in [0.2, 0.25) is 0 Å². The van der Waals surface area contributed by atoms with Gasteiger partial charge in [-0.15, -0.1) is 0 Å². The highest BCUT2D eigenvalue weighted by molar-refractivity contribution is 14.1. The first-order valence-electron chi connectivity index (χ1n) is 9.75. The molecule has 1 fully saturated rings. The highest BCUT2D eigenvalue weighted by Gasteiger charge is 2.35. The van der Waals surface area contributed by atoms with E-state index in [2.05, 4.69) is 22.6 Å². The molecule has 0 atom stereocenters. The van der Waals surface area contributed by atoms with Crippen molar-refractivity contribution in [2.75, 3.05) is 0 Å². The van der Waals surface area contributed by atoms with Crippen molar-refractivity contribution in [1.29, 1.82) is 0 Å². The Kier molecular flexibility index (Phi) is 5.41. The molecule has 0 unspecified atom stereocenters. The third-order valence-electron chi connectivity index (χ3n) is 5.25. The zero-order chi connectivity index (χ0) is 21.4. The molecule has 5 rings (SSSR count). The molecule has 0 saturated carbocycles. The van der Waals surface area contributed by atoms with Crippen LogP contribution in [-0.4, -0.2) is 20.6 Å². The maximum atomic E-state index is 13.1. The molecule has 0 bridgehead atoms. The molecular weight excluding hydrogens is 519 g/mol. The van der Waals surface area contributed by atoms with Gasteiger partial charge < -0.3 is 4.57 Å². The maximum absolute atomic E-state index is 13.1. The third kappa shape index (κ3) is 3.93. The van der Waals surface area contributed by atoms with E-state index in [9.17, 15) is 9.59 Å². The van der Waals surface area contributed by atoms with E-state index in [4.69, 9.17) is 0 Å². The zero-order valence-corrected chi connectivity index (χ0v) is 19.3. The van der Waals surface area contributed by atoms with Gasteiger partial charge in [0.2, 0.25) is 0 Å². The largest absolute Gasteiger partial charge is 0.317 e. The number of halogens is 1. The Bertz CT molecular complexity index is 1340. The first-order valence-corrected chi connectivity index (χ1v) is 11.6. The van der Waals surface area contributed by atoms with Crippen LogP contribution in [0.5, 0.6) is 0 Å². The molecule has 6 heteroatoms. The average molecular weight is 536 g/mol. The molecule has 0 N–H and O–H groups in total. The van der Waals surface area contributed by atoms with Gasteiger partial charge >= 0.3 is 0 Å². The summed E-state index contributed by atoms with van der Waals surface area (Å²) in [6, 6.07) is 26.0. The summed E-state index contributed by atoms with van der Waals surface area (Å²) in [5, 5.41) is 1.91. The quantitative estimate of drug-likeness (QED) is 0.222. The number of carbonyl (C=O) groups excluding carboxylic acids is 2. The minimum Gasteiger partial charge on any atom is -0.317 e. The van der Waals surface area contributed by atoms with Gasteiger partial charge in [-0.2, -0.15) is 0 Å². The summed E-state index contributed by atoms with van der Waals surface area (Å²) in [6.45, 7) is 0.265. The van der Waals surface area contributed by atoms with E-state index in [0.717, 1.165) is 43.0 Å². The summed E-state index contributed by atoms with van der Waals surface area (Å²) < 4.78 is 3.17. The van der Waals surface area contributed by atoms with Crippen molar-refractivity contribution in [3.8, 4) is 5.69 Å². The van der Waals surface area contributed by atoms with Crippen molar-refractivity contribution >= 4 is 62.3 Å². The molecular formula is C25H17IN2O2S. The number of carbonyl (C=O) groups is 2. The normalized spacial score (nSPS) is 15.4. The number of aromatic nitrogens is 1. The van der Waals surface area contributed by atoms with Crippen molar-refractivity contribution in [3.63, 3.8) is 0 Å². The Morgan fingerprint density at radius 1 is 0.871 bits per heavy atom. The number of hydrogen-bond donors (Lipinski definition) is 0. The number of amides is 2. The minimum atomic E-state index is -0.252. The molecule has 1 aliphatic heterocycles. The van der Waals surface area contributed by atoms with Crippen molar-refractivity contribution in [3.05, 3.63) is 105 Å². The van der Waals surface area contributed by atoms with E-state index in [1.165, 1.54) is 4.90 Å². The van der Waals surface area contributed by atoms with Gasteiger partial charge in [-0.3, -0.25) is 14.5 Å². The molecule has 0 radical (unpaired) electrons. The third-order valence-corrected chi connectivity index (χ3v) is 6.87. The number of benzene rings is 3. The second-order valence-electron chi connectivity index (χ2n) is 7.19. The van der Waals surface area contributed by atoms with E-state index in [-0.39, 0.29) is 17.7 Å². The molecule has 4 nitrogen and oxygen atoms in total. The molecule has 0 spiro atoms. The van der Waals surface area contributed by atoms with Crippen LogP contribution in [0.1, 0.15) is 11.3 Å². The predicted molar refractivity (Wildman–Crippen MR) is 134 cm³/mol. The summed E-state index contributed by atoms with van der Waals surface area (Å²) in [5.74, 6) is -0.252. The van der Waals surface area contributed by atoms with E-state index < -0.39 is 0 Å². The Hall–Kier alpha value is -2.84. The summed E-state index contributed by atoms with van der Waals surface area (Å²) in [7, 11) is 0. The van der Waals surface area contributed by atoms with Crippen LogP contribution in [0.3, 0.4) is 0 Å². The van der Waals surface area contributed by atoms with Crippen LogP contribution in [-0.2, 0) is 11.3 Å². The SMILES string of the molecule is O=C1S/C(=C/c2cccn2-c2ccc(I)cc2)C(=O)N1Cc1cccc2ccccc12. The predicted octanol–water partition coefficient (Wildman–Crippen LogP) is 6.47. The van der Waals surface area contributed by atoms with Crippen LogP contribution in [0.4, 0.5) is 4.79 Å². The lowest BCUT2D eigenvalue weighted by Crippen LogP contribution is -2.27. The summed E-state index contributed by atoms with van der Waals surface area (Å²) >= 11 is 3.27. The average Bonchev–Trinajstić information content (AvgIpc) is 3.34. The smallest absolute Gasteiger partial charge is 0.293 e. The maximum Gasteiger partial charge on any atom is 0.293 e. The molecule has 4 aromatic rings. The minimum absolute atomic E-state index is 0.239. The number of rotatable bonds is 4. The number of nitrogens with zero attached hydrogens (tertiary/aromatic N) is 2. The van der Waals surface area contributed by atoms with E-state index >= 15 is 0 Å². The standard InChI is InChI=1S/C25H17IN2O2S/c26-19-10-12-20(13-11-19)27-14-4-8-21(27)15-23-24(29)28(25(30)31-23)16-18-7-3-6-17-5-1-2-9-22(17)18/h1-15H,16H2/b23-15+. The number of thioether (sulfide) groups is 1. The molecule has 0 aliphatic carbocycles. The Morgan fingerprint density at radius 2 is 1.65 bits per heavy atom. The van der Waals surface area contributed by atoms with Crippen LogP contribution in [0.15, 0.2) is 90.0 Å². The van der Waals surface area contributed by atoms with E-state index in [1.54, 1.807) is 6.08 Å². The van der Waals surface area contributed by atoms with Crippen LogP contribution in [0, 0.1) is 3.57 Å². The van der Waals surface area contributed by atoms with Gasteiger partial charge in [0.25, 0.3) is 11.1 Å². The molecule has 152 valence electrons. The summed E-state index contributed by atoms with van der Waals surface area (Å²) in [4.78, 5) is 27.5. The Morgan fingerprint density at radius 3 is 2.48 bits per heavy atom. The lowest BCUT2D eigenvalue weighted by Gasteiger charge is -2.14. The number of imide groups is 1. The molecule has 2 heterocycles. The molecule has 1 aliphatic rings. The number of fused-ring (bicyclic) bond motifs is 1. The van der Waals surface area contributed by atoms with Crippen LogP contribution in [0.25, 0.3) is 22.5 Å². The topological polar surface area (TPSA) is 42.3 Å². The molecule has 31 heavy (non-hydrogen) atoms. The fourth-order valence-electron chi connectivity index (χ4n) is 3.72. The first kappa shape index (κ1) is 20.1. The Labute approximate surface area is 197 Å². The second-order valence-corrected chi connectivity index (χ2v) is 9.42. The van der Waals surface area contributed by atoms with Gasteiger partial charge in [-0.05, 0) is 93.2 Å². The summed E-state index contributed by atoms with van der Waals surface area (Å²) in [5.41, 5.74) is 2.83. The molecule has 2 amide bonds. The number of hydrogen-bond acceptors (Lipinski definition) is 3. The van der Waals surface area contributed by atoms with Gasteiger partial charge in [0, 0.05) is 21.1 Å². The van der Waals surface area contributed by atoms with Gasteiger partial charge in [-0.1, -0.05) is 42.5 Å². The fraction of sp³-hybridized carbons (Fsp3) is 0.0400. The second kappa shape index (κ2) is 8.36. The fourth-order valence-corrected chi connectivity index (χ4v) is 4.90. The van der Waals surface area contributed by atoms with E-state index in [0.29, 0.717) is 4.91 Å². The monoisotopic (exact) mass is 536 g/mol. The lowest BCUT2D eigenvalue weighted by molar-refractivity contribution is -0.123. The van der Waals surface area contributed by atoms with Gasteiger partial charge in [-0.25, -0.2) is 0 Å². The van der Waals surface area contributed by atoms with Crippen molar-refractivity contribution in [2.45, 2.75) is 6.54 Å². The molecule has 1 saturated heterocycles. The van der Waals surface area contributed by atoms with Crippen LogP contribution < -0.4 is 0 Å². The van der Waals surface area contributed by atoms with Gasteiger partial charge in [0.1, 0.15) is 0 Å². The van der Waals surface area contributed by atoms with Gasteiger partial charge in [0.15, 0.2) is 0 Å². The molecule has 1 aromatic heterocycles. The highest BCUT2D eigenvalue weighted by Crippen LogP contribution is 2.34. The zero-order valence-electron chi connectivity index (χ0n) is 16.4. The van der Waals surface area contributed by atoms with E-state index in [1.807, 2.05) is 89.6 Å². The van der Waals surface area contributed by atoms with Crippen LogP contribution >= 0.6 is 34.4 Å². The van der Waals surface area contributed by atoms with Crippen molar-refractivity contribution < 1.29 is 9.59 Å². The van der Waals surface area contributed by atoms with Gasteiger partial charge in [0.05, 0.1) is 11.4 Å². The first-order chi connectivity index (χ1) is 15.1. The highest BCUT2D eigenvalue weighted by atomic mass is 127.